The first-order valence-corrected chi connectivity index (χ1v) is 1.32. The molecule has 0 spiro atoms. The average Bonchev–Trinajstić information content (AvgIpc) is 1.35. The molecular formula is C2H6N2O2. The van der Waals surface area contributed by atoms with Crippen LogP contribution in [0.3, 0.4) is 0 Å². The first-order chi connectivity index (χ1) is 2.77. The lowest BCUT2D eigenvalue weighted by molar-refractivity contribution is -0.196. The summed E-state index contributed by atoms with van der Waals surface area (Å²) in [6, 6.07) is -0.433. The Morgan fingerprint density at radius 2 is 2.33 bits per heavy atom. The van der Waals surface area contributed by atoms with Crippen LogP contribution in [0.2, 0.25) is 0 Å². The minimum atomic E-state index is -0.433. The van der Waals surface area contributed by atoms with Crippen molar-refractivity contribution in [3.63, 3.8) is 0 Å². The third-order valence-corrected chi connectivity index (χ3v) is 0.173. The Labute approximate surface area is 35.3 Å². The molecule has 0 aromatic carbocycles. The number of nitrogens with one attached hydrogen (secondary N) is 1. The molecule has 6 heavy (non-hydrogen) atoms. The number of rotatable bonds is 1. The molecule has 0 unspecified atom stereocenters. The van der Waals surface area contributed by atoms with Crippen molar-refractivity contribution in [3.8, 4) is 0 Å². The average molecular weight is 90.1 g/mol. The van der Waals surface area contributed by atoms with E-state index in [1.807, 2.05) is 0 Å². The summed E-state index contributed by atoms with van der Waals surface area (Å²) in [6.45, 7) is 0. The molecule has 0 bridgehead atoms. The molecule has 0 rings (SSSR count). The Morgan fingerprint density at radius 3 is 2.33 bits per heavy atom. The Hall–Kier alpha value is -0.770. The minimum absolute atomic E-state index is 0.433. The highest BCUT2D eigenvalue weighted by Gasteiger charge is 1.78. The quantitative estimate of drug-likeness (QED) is 0.196. The zero-order valence-corrected chi connectivity index (χ0v) is 3.39. The van der Waals surface area contributed by atoms with Gasteiger partial charge in [0.25, 0.3) is 0 Å². The van der Waals surface area contributed by atoms with E-state index in [-0.39, 0.29) is 0 Å². The van der Waals surface area contributed by atoms with E-state index in [9.17, 15) is 0 Å². The van der Waals surface area contributed by atoms with Gasteiger partial charge in [-0.2, -0.15) is 4.89 Å². The van der Waals surface area contributed by atoms with Gasteiger partial charge in [0.05, 0.1) is 7.11 Å². The summed E-state index contributed by atoms with van der Waals surface area (Å²) in [5.74, 6) is 0. The Bertz CT molecular complexity index is 53.5. The molecule has 0 radical (unpaired) electrons. The summed E-state index contributed by atoms with van der Waals surface area (Å²) in [4.78, 5) is 7.86. The van der Waals surface area contributed by atoms with Crippen LogP contribution in [0.1, 0.15) is 0 Å². The molecule has 0 aromatic heterocycles. The second-order valence-electron chi connectivity index (χ2n) is 0.614. The van der Waals surface area contributed by atoms with Gasteiger partial charge in [0.1, 0.15) is 0 Å². The Balaban J connectivity index is 2.83. The van der Waals surface area contributed by atoms with Gasteiger partial charge < -0.3 is 5.73 Å². The van der Waals surface area contributed by atoms with Crippen LogP contribution in [-0.2, 0) is 9.78 Å². The molecule has 0 amide bonds. The normalized spacial score (nSPS) is 7.50. The van der Waals surface area contributed by atoms with Crippen molar-refractivity contribution in [3.05, 3.63) is 0 Å². The van der Waals surface area contributed by atoms with Crippen molar-refractivity contribution in [1.82, 2.24) is 0 Å². The highest BCUT2D eigenvalue weighted by Crippen LogP contribution is 1.63. The third kappa shape index (κ3) is 3.23. The summed E-state index contributed by atoms with van der Waals surface area (Å²) in [5.41, 5.74) is 4.64. The first kappa shape index (κ1) is 5.23. The van der Waals surface area contributed by atoms with Crippen LogP contribution >= 0.6 is 0 Å². The second kappa shape index (κ2) is 2.47. The molecule has 0 heterocycles. The molecule has 0 aliphatic rings. The fraction of sp³-hybridized carbons (Fsp3) is 0.500. The molecule has 0 saturated heterocycles. The summed E-state index contributed by atoms with van der Waals surface area (Å²) >= 11 is 0. The van der Waals surface area contributed by atoms with Gasteiger partial charge in [0, 0.05) is 0 Å². The van der Waals surface area contributed by atoms with Crippen molar-refractivity contribution < 1.29 is 9.78 Å². The van der Waals surface area contributed by atoms with Crippen LogP contribution in [0.15, 0.2) is 0 Å². The number of hydrogen-bond acceptors (Lipinski definition) is 3. The molecule has 0 aromatic rings. The van der Waals surface area contributed by atoms with E-state index in [1.165, 1.54) is 7.11 Å². The first-order valence-electron chi connectivity index (χ1n) is 1.32. The zero-order valence-electron chi connectivity index (χ0n) is 3.39. The molecule has 0 aliphatic carbocycles. The summed E-state index contributed by atoms with van der Waals surface area (Å²) in [7, 11) is 1.28. The van der Waals surface area contributed by atoms with E-state index in [1.54, 1.807) is 0 Å². The maximum atomic E-state index is 6.32. The molecule has 0 aliphatic heterocycles. The summed E-state index contributed by atoms with van der Waals surface area (Å²) in [6.07, 6.45) is 0. The standard InChI is InChI=1S/C2H6N2O2/c1-5-6-2(3)4/h1H3,(H3,3,4). The van der Waals surface area contributed by atoms with Gasteiger partial charge in [-0.15, -0.1) is 0 Å². The largest absolute Gasteiger partial charge is 0.351 e. The summed E-state index contributed by atoms with van der Waals surface area (Å²) < 4.78 is 0. The lowest BCUT2D eigenvalue weighted by Crippen LogP contribution is -2.12. The molecule has 0 saturated carbocycles. The SMILES string of the molecule is COOC(=N)N. The topological polar surface area (TPSA) is 68.3 Å². The number of nitrogens with two attached hydrogens (primary N) is 1. The predicted octanol–water partition coefficient (Wildman–Crippen LogP) is -0.542. The Morgan fingerprint density at radius 1 is 1.83 bits per heavy atom. The smallest absolute Gasteiger partial charge is 0.317 e. The van der Waals surface area contributed by atoms with Crippen LogP contribution in [0.4, 0.5) is 0 Å². The molecule has 3 N–H and O–H groups in total. The second-order valence-corrected chi connectivity index (χ2v) is 0.614. The fourth-order valence-electron chi connectivity index (χ4n) is 0.0898. The highest BCUT2D eigenvalue weighted by atomic mass is 17.2. The van der Waals surface area contributed by atoms with Gasteiger partial charge in [0.15, 0.2) is 0 Å². The zero-order chi connectivity index (χ0) is 4.99. The van der Waals surface area contributed by atoms with Gasteiger partial charge in [0.2, 0.25) is 0 Å². The van der Waals surface area contributed by atoms with Gasteiger partial charge in [-0.3, -0.25) is 4.89 Å². The summed E-state index contributed by atoms with van der Waals surface area (Å²) in [5, 5.41) is 6.32. The van der Waals surface area contributed by atoms with E-state index in [4.69, 9.17) is 5.41 Å². The predicted molar refractivity (Wildman–Crippen MR) is 20.0 cm³/mol. The monoisotopic (exact) mass is 90.0 g/mol. The maximum absolute atomic E-state index is 6.32. The van der Waals surface area contributed by atoms with Crippen LogP contribution in [0.25, 0.3) is 0 Å². The van der Waals surface area contributed by atoms with Crippen LogP contribution in [0.5, 0.6) is 0 Å². The van der Waals surface area contributed by atoms with Gasteiger partial charge >= 0.3 is 6.02 Å². The van der Waals surface area contributed by atoms with Gasteiger partial charge in [-0.25, -0.2) is 5.41 Å². The van der Waals surface area contributed by atoms with E-state index < -0.39 is 6.02 Å². The molecule has 4 heteroatoms. The van der Waals surface area contributed by atoms with Gasteiger partial charge in [-0.1, -0.05) is 0 Å². The lowest BCUT2D eigenvalue weighted by atomic mass is 11.2. The van der Waals surface area contributed by atoms with Crippen molar-refractivity contribution >= 4 is 6.02 Å². The van der Waals surface area contributed by atoms with Crippen LogP contribution < -0.4 is 5.73 Å². The van der Waals surface area contributed by atoms with Crippen LogP contribution in [-0.4, -0.2) is 13.1 Å². The van der Waals surface area contributed by atoms with Crippen LogP contribution in [0, 0.1) is 5.41 Å². The van der Waals surface area contributed by atoms with E-state index in [0.717, 1.165) is 0 Å². The molecule has 36 valence electrons. The van der Waals surface area contributed by atoms with Crippen molar-refractivity contribution in [2.45, 2.75) is 0 Å². The Kier molecular flexibility index (Phi) is 2.15. The van der Waals surface area contributed by atoms with E-state index >= 15 is 0 Å². The fourth-order valence-corrected chi connectivity index (χ4v) is 0.0898. The van der Waals surface area contributed by atoms with Crippen molar-refractivity contribution in [2.24, 2.45) is 5.73 Å². The number of amidine groups is 1. The number of hydrogen-bond donors (Lipinski definition) is 2. The lowest BCUT2D eigenvalue weighted by Gasteiger charge is -1.90. The molecule has 4 nitrogen and oxygen atoms in total. The third-order valence-electron chi connectivity index (χ3n) is 0.173. The van der Waals surface area contributed by atoms with Gasteiger partial charge in [-0.05, 0) is 0 Å². The van der Waals surface area contributed by atoms with E-state index in [0.29, 0.717) is 0 Å². The molecule has 0 atom stereocenters. The maximum Gasteiger partial charge on any atom is 0.317 e. The molecule has 0 fully saturated rings. The van der Waals surface area contributed by atoms with E-state index in [2.05, 4.69) is 15.5 Å². The highest BCUT2D eigenvalue weighted by molar-refractivity contribution is 5.66. The minimum Gasteiger partial charge on any atom is -0.351 e. The van der Waals surface area contributed by atoms with Crippen molar-refractivity contribution in [1.29, 1.82) is 5.41 Å². The van der Waals surface area contributed by atoms with Crippen molar-refractivity contribution in [2.75, 3.05) is 7.11 Å². The molecular weight excluding hydrogens is 84.0 g/mol.